The summed E-state index contributed by atoms with van der Waals surface area (Å²) in [6, 6.07) is 10.9. The van der Waals surface area contributed by atoms with Gasteiger partial charge in [0.15, 0.2) is 11.5 Å². The zero-order valence-electron chi connectivity index (χ0n) is 17.4. The number of esters is 1. The number of hydrogen-bond acceptors (Lipinski definition) is 6. The molecule has 0 saturated carbocycles. The highest BCUT2D eigenvalue weighted by atomic mass is 35.5. The maximum atomic E-state index is 13.1. The van der Waals surface area contributed by atoms with Gasteiger partial charge in [-0.3, -0.25) is 9.59 Å². The molecule has 1 aliphatic rings. The fourth-order valence-electron chi connectivity index (χ4n) is 3.12. The minimum Gasteiger partial charge on any atom is -0.493 e. The molecule has 0 N–H and O–H groups in total. The number of hydrogen-bond donors (Lipinski definition) is 0. The lowest BCUT2D eigenvalue weighted by Gasteiger charge is -2.15. The van der Waals surface area contributed by atoms with Crippen LogP contribution in [0.15, 0.2) is 47.5 Å². The van der Waals surface area contributed by atoms with E-state index in [4.69, 9.17) is 25.8 Å². The van der Waals surface area contributed by atoms with Crippen LogP contribution in [0.5, 0.6) is 11.5 Å². The van der Waals surface area contributed by atoms with Crippen molar-refractivity contribution in [3.63, 3.8) is 0 Å². The number of amides is 2. The first-order chi connectivity index (χ1) is 14.9. The lowest BCUT2D eigenvalue weighted by Crippen LogP contribution is -2.31. The van der Waals surface area contributed by atoms with E-state index < -0.39 is 17.8 Å². The number of unbranched alkanes of at least 4 members (excludes halogenated alkanes) is 1. The molecule has 0 spiro atoms. The minimum atomic E-state index is -0.644. The Bertz CT molecular complexity index is 1040. The topological polar surface area (TPSA) is 82.1 Å². The van der Waals surface area contributed by atoms with Gasteiger partial charge >= 0.3 is 5.97 Å². The summed E-state index contributed by atoms with van der Waals surface area (Å²) in [6.45, 7) is 2.34. The molecular weight excluding hydrogens is 422 g/mol. The van der Waals surface area contributed by atoms with Crippen molar-refractivity contribution in [2.45, 2.75) is 19.8 Å². The first-order valence-electron chi connectivity index (χ1n) is 9.71. The number of carbonyl (C=O) groups is 3. The van der Waals surface area contributed by atoms with Crippen LogP contribution in [0.25, 0.3) is 5.57 Å². The van der Waals surface area contributed by atoms with Crippen LogP contribution in [-0.2, 0) is 14.3 Å². The van der Waals surface area contributed by atoms with Crippen molar-refractivity contribution in [3.05, 3.63) is 58.6 Å². The van der Waals surface area contributed by atoms with Gasteiger partial charge in [0, 0.05) is 0 Å². The fourth-order valence-corrected chi connectivity index (χ4v) is 3.39. The Morgan fingerprint density at radius 2 is 1.65 bits per heavy atom. The Morgan fingerprint density at radius 3 is 2.26 bits per heavy atom. The molecule has 0 atom stereocenters. The van der Waals surface area contributed by atoms with Crippen molar-refractivity contribution in [3.8, 4) is 11.5 Å². The third-order valence-corrected chi connectivity index (χ3v) is 5.14. The van der Waals surface area contributed by atoms with E-state index in [1.165, 1.54) is 38.5 Å². The Kier molecular flexibility index (Phi) is 6.97. The number of ether oxygens (including phenoxy) is 3. The number of imide groups is 1. The summed E-state index contributed by atoms with van der Waals surface area (Å²) in [5.41, 5.74) is 1.13. The van der Waals surface area contributed by atoms with Crippen LogP contribution in [0.4, 0.5) is 5.69 Å². The molecule has 0 radical (unpaired) electrons. The molecule has 0 bridgehead atoms. The molecule has 1 aliphatic heterocycles. The fraction of sp³-hybridized carbons (Fsp3) is 0.261. The average molecular weight is 444 g/mol. The van der Waals surface area contributed by atoms with Gasteiger partial charge in [0.2, 0.25) is 0 Å². The van der Waals surface area contributed by atoms with Crippen molar-refractivity contribution in [2.75, 3.05) is 25.7 Å². The largest absolute Gasteiger partial charge is 0.493 e. The Morgan fingerprint density at radius 1 is 0.968 bits per heavy atom. The molecule has 7 nitrogen and oxygen atoms in total. The van der Waals surface area contributed by atoms with Gasteiger partial charge in [0.25, 0.3) is 11.8 Å². The molecule has 0 fully saturated rings. The molecule has 8 heteroatoms. The van der Waals surface area contributed by atoms with Crippen LogP contribution in [0.3, 0.4) is 0 Å². The second-order valence-electron chi connectivity index (χ2n) is 6.74. The monoisotopic (exact) mass is 443 g/mol. The number of methoxy groups -OCH3 is 2. The quantitative estimate of drug-likeness (QED) is 0.346. The third kappa shape index (κ3) is 4.41. The van der Waals surface area contributed by atoms with Gasteiger partial charge in [-0.25, -0.2) is 9.69 Å². The SMILES string of the molecule is CCCCOC(=O)c1ccc(N2C(=O)C(Cl)=C(c3ccc(OC)c(OC)c3)C2=O)cc1. The second kappa shape index (κ2) is 9.66. The van der Waals surface area contributed by atoms with E-state index in [0.717, 1.165) is 17.7 Å². The van der Waals surface area contributed by atoms with E-state index in [0.29, 0.717) is 34.9 Å². The summed E-state index contributed by atoms with van der Waals surface area (Å²) in [7, 11) is 2.97. The van der Waals surface area contributed by atoms with Crippen molar-refractivity contribution >= 4 is 40.6 Å². The highest BCUT2D eigenvalue weighted by Gasteiger charge is 2.39. The van der Waals surface area contributed by atoms with Gasteiger partial charge in [0.05, 0.1) is 37.7 Å². The molecule has 0 aliphatic carbocycles. The third-order valence-electron chi connectivity index (χ3n) is 4.79. The Hall–Kier alpha value is -3.32. The molecule has 0 unspecified atom stereocenters. The zero-order chi connectivity index (χ0) is 22.5. The van der Waals surface area contributed by atoms with Crippen molar-refractivity contribution in [1.29, 1.82) is 0 Å². The first-order valence-corrected chi connectivity index (χ1v) is 10.1. The molecule has 0 saturated heterocycles. The van der Waals surface area contributed by atoms with E-state index in [-0.39, 0.29) is 10.6 Å². The predicted octanol–water partition coefficient (Wildman–Crippen LogP) is 4.18. The van der Waals surface area contributed by atoms with Gasteiger partial charge in [-0.2, -0.15) is 0 Å². The number of nitrogens with zero attached hydrogens (tertiary/aromatic N) is 1. The van der Waals surface area contributed by atoms with Crippen LogP contribution in [-0.4, -0.2) is 38.6 Å². The van der Waals surface area contributed by atoms with Gasteiger partial charge in [0.1, 0.15) is 5.03 Å². The average Bonchev–Trinajstić information content (AvgIpc) is 3.01. The summed E-state index contributed by atoms with van der Waals surface area (Å²) < 4.78 is 15.6. The first kappa shape index (κ1) is 22.4. The number of carbonyl (C=O) groups excluding carboxylic acids is 3. The Balaban J connectivity index is 1.85. The maximum Gasteiger partial charge on any atom is 0.338 e. The summed E-state index contributed by atoms with van der Waals surface area (Å²) in [4.78, 5) is 38.8. The molecular formula is C23H22ClNO6. The van der Waals surface area contributed by atoms with Gasteiger partial charge in [-0.15, -0.1) is 0 Å². The molecule has 31 heavy (non-hydrogen) atoms. The maximum absolute atomic E-state index is 13.1. The lowest BCUT2D eigenvalue weighted by molar-refractivity contribution is -0.119. The zero-order valence-corrected chi connectivity index (χ0v) is 18.2. The minimum absolute atomic E-state index is 0.0654. The van der Waals surface area contributed by atoms with Crippen LogP contribution in [0.1, 0.15) is 35.7 Å². The number of halogens is 1. The molecule has 1 heterocycles. The molecule has 3 rings (SSSR count). The number of rotatable bonds is 8. The summed E-state index contributed by atoms with van der Waals surface area (Å²) in [5, 5.41) is -0.194. The predicted molar refractivity (Wildman–Crippen MR) is 116 cm³/mol. The van der Waals surface area contributed by atoms with E-state index in [2.05, 4.69) is 0 Å². The van der Waals surface area contributed by atoms with Gasteiger partial charge in [-0.05, 0) is 48.4 Å². The standard InChI is InChI=1S/C23H22ClNO6/c1-4-5-12-31-23(28)14-6-9-16(10-7-14)25-21(26)19(20(24)22(25)27)15-8-11-17(29-2)18(13-15)30-3/h6-11,13H,4-5,12H2,1-3H3. The molecule has 2 aromatic rings. The van der Waals surface area contributed by atoms with E-state index in [9.17, 15) is 14.4 Å². The summed E-state index contributed by atoms with van der Waals surface area (Å²) in [5.74, 6) is -0.781. The summed E-state index contributed by atoms with van der Waals surface area (Å²) >= 11 is 6.25. The van der Waals surface area contributed by atoms with Crippen LogP contribution in [0, 0.1) is 0 Å². The van der Waals surface area contributed by atoms with Gasteiger partial charge < -0.3 is 14.2 Å². The van der Waals surface area contributed by atoms with Crippen LogP contribution < -0.4 is 14.4 Å². The molecule has 162 valence electrons. The summed E-state index contributed by atoms with van der Waals surface area (Å²) in [6.07, 6.45) is 1.70. The van der Waals surface area contributed by atoms with E-state index in [1.807, 2.05) is 6.92 Å². The Labute approximate surface area is 185 Å². The van der Waals surface area contributed by atoms with Crippen molar-refractivity contribution in [1.82, 2.24) is 0 Å². The van der Waals surface area contributed by atoms with E-state index in [1.54, 1.807) is 18.2 Å². The number of anilines is 1. The van der Waals surface area contributed by atoms with Gasteiger partial charge in [-0.1, -0.05) is 31.0 Å². The highest BCUT2D eigenvalue weighted by Crippen LogP contribution is 2.38. The second-order valence-corrected chi connectivity index (χ2v) is 7.12. The van der Waals surface area contributed by atoms with Crippen molar-refractivity contribution in [2.24, 2.45) is 0 Å². The molecule has 0 aromatic heterocycles. The smallest absolute Gasteiger partial charge is 0.338 e. The molecule has 2 aromatic carbocycles. The van der Waals surface area contributed by atoms with Crippen molar-refractivity contribution < 1.29 is 28.6 Å². The highest BCUT2D eigenvalue weighted by molar-refractivity contribution is 6.60. The van der Waals surface area contributed by atoms with E-state index >= 15 is 0 Å². The normalized spacial score (nSPS) is 13.6. The van der Waals surface area contributed by atoms with Crippen LogP contribution >= 0.6 is 11.6 Å². The lowest BCUT2D eigenvalue weighted by atomic mass is 10.1. The molecule has 2 amide bonds. The number of benzene rings is 2. The van der Waals surface area contributed by atoms with Crippen LogP contribution in [0.2, 0.25) is 0 Å².